The van der Waals surface area contributed by atoms with Gasteiger partial charge in [0, 0.05) is 6.08 Å². The Labute approximate surface area is 109 Å². The Bertz CT molecular complexity index is 414. The molecular formula is C15H23NO2. The number of carbonyl (C=O) groups is 1. The van der Waals surface area contributed by atoms with Crippen molar-refractivity contribution in [1.29, 1.82) is 0 Å². The molecule has 0 heterocycles. The van der Waals surface area contributed by atoms with E-state index in [-0.39, 0.29) is 5.41 Å². The van der Waals surface area contributed by atoms with Crippen LogP contribution in [0.25, 0.3) is 0 Å². The summed E-state index contributed by atoms with van der Waals surface area (Å²) >= 11 is 0. The molecule has 0 aromatic rings. The van der Waals surface area contributed by atoms with Gasteiger partial charge in [-0.25, -0.2) is 5.48 Å². The zero-order valence-electron chi connectivity index (χ0n) is 11.7. The summed E-state index contributed by atoms with van der Waals surface area (Å²) < 4.78 is 0. The van der Waals surface area contributed by atoms with Gasteiger partial charge in [0.1, 0.15) is 0 Å². The molecule has 1 amide bonds. The maximum Gasteiger partial charge on any atom is 0.267 e. The summed E-state index contributed by atoms with van der Waals surface area (Å²) in [5, 5.41) is 8.45. The fourth-order valence-corrected chi connectivity index (χ4v) is 2.51. The van der Waals surface area contributed by atoms with Crippen molar-refractivity contribution >= 4 is 5.91 Å². The van der Waals surface area contributed by atoms with Crippen LogP contribution >= 0.6 is 0 Å². The largest absolute Gasteiger partial charge is 0.288 e. The number of hydroxylamine groups is 1. The van der Waals surface area contributed by atoms with Crippen LogP contribution in [0.4, 0.5) is 0 Å². The van der Waals surface area contributed by atoms with Crippen LogP contribution in [0.2, 0.25) is 0 Å². The Morgan fingerprint density at radius 3 is 2.67 bits per heavy atom. The van der Waals surface area contributed by atoms with E-state index in [1.165, 1.54) is 30.1 Å². The van der Waals surface area contributed by atoms with Crippen LogP contribution in [0.15, 0.2) is 34.9 Å². The van der Waals surface area contributed by atoms with Crippen LogP contribution in [0.5, 0.6) is 0 Å². The summed E-state index contributed by atoms with van der Waals surface area (Å²) in [5.74, 6) is -0.495. The Hall–Kier alpha value is -1.35. The monoisotopic (exact) mass is 249 g/mol. The fraction of sp³-hybridized carbons (Fsp3) is 0.533. The summed E-state index contributed by atoms with van der Waals surface area (Å²) in [6.45, 7) is 8.54. The molecule has 3 nitrogen and oxygen atoms in total. The van der Waals surface area contributed by atoms with Gasteiger partial charge in [-0.1, -0.05) is 31.6 Å². The maximum absolute atomic E-state index is 11.0. The molecule has 0 aromatic carbocycles. The third kappa shape index (κ3) is 3.84. The van der Waals surface area contributed by atoms with Gasteiger partial charge in [0.2, 0.25) is 0 Å². The number of nitrogens with one attached hydrogen (secondary N) is 1. The molecule has 1 aliphatic rings. The highest BCUT2D eigenvalue weighted by Gasteiger charge is 2.26. The number of amides is 1. The minimum absolute atomic E-state index is 0.207. The second-order valence-electron chi connectivity index (χ2n) is 5.63. The number of hydrogen-bond acceptors (Lipinski definition) is 2. The van der Waals surface area contributed by atoms with Crippen molar-refractivity contribution in [3.8, 4) is 0 Å². The zero-order chi connectivity index (χ0) is 13.8. The van der Waals surface area contributed by atoms with Crippen molar-refractivity contribution in [3.05, 3.63) is 34.9 Å². The zero-order valence-corrected chi connectivity index (χ0v) is 11.7. The minimum atomic E-state index is -0.495. The predicted molar refractivity (Wildman–Crippen MR) is 73.2 cm³/mol. The van der Waals surface area contributed by atoms with Crippen molar-refractivity contribution in [2.24, 2.45) is 5.41 Å². The van der Waals surface area contributed by atoms with Gasteiger partial charge in [-0.15, -0.1) is 0 Å². The van der Waals surface area contributed by atoms with Gasteiger partial charge >= 0.3 is 0 Å². The molecule has 18 heavy (non-hydrogen) atoms. The van der Waals surface area contributed by atoms with Crippen molar-refractivity contribution in [3.63, 3.8) is 0 Å². The van der Waals surface area contributed by atoms with Gasteiger partial charge in [0.25, 0.3) is 5.91 Å². The van der Waals surface area contributed by atoms with Gasteiger partial charge in [-0.2, -0.15) is 0 Å². The van der Waals surface area contributed by atoms with Crippen LogP contribution in [-0.2, 0) is 4.79 Å². The van der Waals surface area contributed by atoms with Crippen LogP contribution < -0.4 is 5.48 Å². The van der Waals surface area contributed by atoms with E-state index >= 15 is 0 Å². The number of carbonyl (C=O) groups excluding carboxylic acids is 1. The lowest BCUT2D eigenvalue weighted by Crippen LogP contribution is -2.19. The number of rotatable bonds is 3. The predicted octanol–water partition coefficient (Wildman–Crippen LogP) is 3.52. The van der Waals surface area contributed by atoms with E-state index in [1.54, 1.807) is 5.48 Å². The van der Waals surface area contributed by atoms with Crippen LogP contribution in [0.1, 0.15) is 47.0 Å². The molecular weight excluding hydrogens is 226 g/mol. The molecule has 0 saturated heterocycles. The molecule has 0 radical (unpaired) electrons. The lowest BCUT2D eigenvalue weighted by Gasteiger charge is -2.32. The van der Waals surface area contributed by atoms with E-state index in [0.717, 1.165) is 12.0 Å². The van der Waals surface area contributed by atoms with Crippen molar-refractivity contribution in [2.75, 3.05) is 0 Å². The summed E-state index contributed by atoms with van der Waals surface area (Å²) in [4.78, 5) is 11.0. The molecule has 0 aromatic heterocycles. The standard InChI is InChI=1S/C15H23NO2/c1-11(10-14(17)16-18)7-8-13-12(2)6-5-9-15(13,3)4/h7-8,10,18H,5-6,9H2,1-4H3,(H,16,17)/b8-7+,11-10?. The minimum Gasteiger partial charge on any atom is -0.288 e. The number of hydrogen-bond donors (Lipinski definition) is 2. The molecule has 0 bridgehead atoms. The molecule has 100 valence electrons. The highest BCUT2D eigenvalue weighted by Crippen LogP contribution is 2.40. The first-order valence-electron chi connectivity index (χ1n) is 6.37. The SMILES string of the molecule is CC(=CC(=O)NO)/C=C/C1=C(C)CCCC1(C)C. The van der Waals surface area contributed by atoms with Gasteiger partial charge in [0.05, 0.1) is 0 Å². The molecule has 0 spiro atoms. The highest BCUT2D eigenvalue weighted by atomic mass is 16.5. The van der Waals surface area contributed by atoms with E-state index in [9.17, 15) is 4.79 Å². The van der Waals surface area contributed by atoms with Crippen molar-refractivity contribution in [2.45, 2.75) is 47.0 Å². The maximum atomic E-state index is 11.0. The van der Waals surface area contributed by atoms with Gasteiger partial charge in [-0.05, 0) is 49.7 Å². The van der Waals surface area contributed by atoms with E-state index < -0.39 is 5.91 Å². The molecule has 3 heteroatoms. The third-order valence-electron chi connectivity index (χ3n) is 3.52. The topological polar surface area (TPSA) is 49.3 Å². The summed E-state index contributed by atoms with van der Waals surface area (Å²) in [5.41, 5.74) is 5.43. The molecule has 0 fully saturated rings. The van der Waals surface area contributed by atoms with Crippen molar-refractivity contribution in [1.82, 2.24) is 5.48 Å². The molecule has 2 N–H and O–H groups in total. The average molecular weight is 249 g/mol. The molecule has 0 aliphatic heterocycles. The van der Waals surface area contributed by atoms with Gasteiger partial charge in [-0.3, -0.25) is 10.0 Å². The Morgan fingerprint density at radius 1 is 1.44 bits per heavy atom. The van der Waals surface area contributed by atoms with Crippen molar-refractivity contribution < 1.29 is 10.0 Å². The molecule has 0 unspecified atom stereocenters. The first-order chi connectivity index (χ1) is 8.36. The van der Waals surface area contributed by atoms with E-state index in [4.69, 9.17) is 5.21 Å². The van der Waals surface area contributed by atoms with Gasteiger partial charge in [0.15, 0.2) is 0 Å². The number of allylic oxidation sites excluding steroid dienone is 5. The van der Waals surface area contributed by atoms with Crippen LogP contribution in [-0.4, -0.2) is 11.1 Å². The lowest BCUT2D eigenvalue weighted by atomic mass is 9.72. The highest BCUT2D eigenvalue weighted by molar-refractivity contribution is 5.87. The molecule has 1 aliphatic carbocycles. The fourth-order valence-electron chi connectivity index (χ4n) is 2.51. The second kappa shape index (κ2) is 6.01. The quantitative estimate of drug-likeness (QED) is 0.348. The first kappa shape index (κ1) is 14.7. The summed E-state index contributed by atoms with van der Waals surface area (Å²) in [7, 11) is 0. The molecule has 1 rings (SSSR count). The smallest absolute Gasteiger partial charge is 0.267 e. The molecule has 0 saturated carbocycles. The second-order valence-corrected chi connectivity index (χ2v) is 5.63. The van der Waals surface area contributed by atoms with Crippen LogP contribution in [0.3, 0.4) is 0 Å². The normalized spacial score (nSPS) is 20.4. The molecule has 0 atom stereocenters. The van der Waals surface area contributed by atoms with E-state index in [1.807, 2.05) is 13.0 Å². The lowest BCUT2D eigenvalue weighted by molar-refractivity contribution is -0.124. The Balaban J connectivity index is 2.89. The van der Waals surface area contributed by atoms with E-state index in [2.05, 4.69) is 26.8 Å². The third-order valence-corrected chi connectivity index (χ3v) is 3.52. The van der Waals surface area contributed by atoms with Crippen LogP contribution in [0, 0.1) is 5.41 Å². The van der Waals surface area contributed by atoms with E-state index in [0.29, 0.717) is 0 Å². The van der Waals surface area contributed by atoms with Gasteiger partial charge < -0.3 is 0 Å². The first-order valence-corrected chi connectivity index (χ1v) is 6.37. The Kier molecular flexibility index (Phi) is 4.91. The summed E-state index contributed by atoms with van der Waals surface area (Å²) in [6.07, 6.45) is 9.01. The summed E-state index contributed by atoms with van der Waals surface area (Å²) in [6, 6.07) is 0. The average Bonchev–Trinajstić information content (AvgIpc) is 2.27. The Morgan fingerprint density at radius 2 is 2.11 bits per heavy atom.